The lowest BCUT2D eigenvalue weighted by atomic mass is 10.0. The monoisotopic (exact) mass is 1260 g/mol. The first-order valence-electron chi connectivity index (χ1n) is 29.4. The average Bonchev–Trinajstić information content (AvgIpc) is 1.86. The van der Waals surface area contributed by atoms with Crippen LogP contribution in [0.15, 0.2) is 115 Å². The molecule has 0 fully saturated rings. The van der Waals surface area contributed by atoms with E-state index in [9.17, 15) is 68.1 Å². The van der Waals surface area contributed by atoms with Crippen molar-refractivity contribution in [3.05, 3.63) is 138 Å². The Kier molecular flexibility index (Phi) is 27.9. The van der Waals surface area contributed by atoms with Gasteiger partial charge in [-0.15, -0.1) is 0 Å². The molecule has 21 N–H and O–H groups in total. The van der Waals surface area contributed by atoms with E-state index in [0.29, 0.717) is 33.2 Å². The fourth-order valence-corrected chi connectivity index (χ4v) is 9.50. The summed E-state index contributed by atoms with van der Waals surface area (Å²) in [6, 6.07) is 16.8. The summed E-state index contributed by atoms with van der Waals surface area (Å²) in [5, 5.41) is 63.3. The number of aliphatic hydroxyl groups is 1. The quantitative estimate of drug-likeness (QED) is 0.0114. The van der Waals surface area contributed by atoms with E-state index in [0.717, 1.165) is 0 Å². The molecule has 1 aromatic heterocycles. The standard InChI is InChI=1S/C62H81N15O14/c1-34(2)25-45(57(86)72-44(19-12-24-67-62(65)66)56(85)76-49(61(90)91)28-37-15-8-5-9-16-37)71-52(81)32-69-55(84)46(27-36-13-6-4-7-14-36)74-60(89)50(33-78)77-59(88)48(30-51(64)80)75-58(87)47(29-39-31-68-43-18-11-10-17-41(39)43)73-53(82)35(3)70-54(83)42(63)26-38-20-22-40(79)23-21-38/h4-11,13-18,20-23,31,34-35,42,44-50,68,78-79H,12,19,24-30,32-33,63H2,1-3H3,(H2,64,80)(H,69,84)(H,70,83)(H,71,81)(H,72,86)(H,73,82)(H,74,89)(H,75,87)(H,76,85)(H,77,88)(H,90,91)(H4,65,66,67)/t35-,42-,44-,45-,46-,47-,48-,49-,50-/m0/s1. The SMILES string of the molecule is CC(C)C[C@H](NC(=O)CNC(=O)[C@H](Cc1ccccc1)NC(=O)[C@H](CO)NC(=O)[C@H](CC(N)=O)NC(=O)[C@H](Cc1c[nH]c2ccccc12)NC(=O)[C@H](C)NC(=O)[C@@H](N)Cc1ccc(O)cc1)C(=O)N[C@@H](CCCNC(=N)N)C(=O)N[C@@H](Cc1ccccc1)C(=O)O. The summed E-state index contributed by atoms with van der Waals surface area (Å²) < 4.78 is 0. The van der Waals surface area contributed by atoms with Gasteiger partial charge in [0.05, 0.1) is 25.6 Å². The van der Waals surface area contributed by atoms with Crippen LogP contribution in [0.5, 0.6) is 5.75 Å². The van der Waals surface area contributed by atoms with Gasteiger partial charge < -0.3 is 90.7 Å². The van der Waals surface area contributed by atoms with Crippen molar-refractivity contribution in [3.63, 3.8) is 0 Å². The zero-order valence-corrected chi connectivity index (χ0v) is 50.6. The summed E-state index contributed by atoms with van der Waals surface area (Å²) in [5.74, 6) is -11.3. The number of phenolic OH excluding ortho intramolecular Hbond substituents is 1. The first-order valence-corrected chi connectivity index (χ1v) is 29.4. The summed E-state index contributed by atoms with van der Waals surface area (Å²) in [6.07, 6.45) is 0.500. The number of fused-ring (bicyclic) bond motifs is 1. The number of benzene rings is 4. The molecule has 0 aliphatic heterocycles. The molecule has 0 aliphatic carbocycles. The predicted octanol–water partition coefficient (Wildman–Crippen LogP) is -2.25. The maximum Gasteiger partial charge on any atom is 0.326 e. The second-order valence-corrected chi connectivity index (χ2v) is 22.2. The molecule has 0 radical (unpaired) electrons. The van der Waals surface area contributed by atoms with Gasteiger partial charge in [0.25, 0.3) is 0 Å². The predicted molar refractivity (Wildman–Crippen MR) is 333 cm³/mol. The van der Waals surface area contributed by atoms with E-state index in [4.69, 9.17) is 22.6 Å². The molecule has 29 heteroatoms. The number of carbonyl (C=O) groups is 11. The number of nitrogens with one attached hydrogen (secondary N) is 12. The summed E-state index contributed by atoms with van der Waals surface area (Å²) >= 11 is 0. The van der Waals surface area contributed by atoms with Crippen molar-refractivity contribution in [2.24, 2.45) is 23.1 Å². The first kappa shape index (κ1) is 71.3. The fourth-order valence-electron chi connectivity index (χ4n) is 9.50. The number of carboxylic acid groups (broad SMARTS) is 1. The molecular weight excluding hydrogens is 1180 g/mol. The van der Waals surface area contributed by atoms with Gasteiger partial charge in [-0.2, -0.15) is 0 Å². The van der Waals surface area contributed by atoms with Crippen molar-refractivity contribution in [2.75, 3.05) is 19.7 Å². The number of amides is 10. The van der Waals surface area contributed by atoms with Gasteiger partial charge in [0, 0.05) is 42.9 Å². The van der Waals surface area contributed by atoms with Gasteiger partial charge in [-0.1, -0.05) is 105 Å². The van der Waals surface area contributed by atoms with Crippen molar-refractivity contribution in [1.29, 1.82) is 5.41 Å². The second-order valence-electron chi connectivity index (χ2n) is 22.2. The number of aromatic amines is 1. The van der Waals surface area contributed by atoms with Crippen LogP contribution in [-0.4, -0.2) is 165 Å². The normalized spacial score (nSPS) is 14.0. The third-order valence-electron chi connectivity index (χ3n) is 14.3. The van der Waals surface area contributed by atoms with E-state index in [1.165, 1.54) is 19.1 Å². The Morgan fingerprint density at radius 1 is 0.527 bits per heavy atom. The Bertz CT molecular complexity index is 3330. The lowest BCUT2D eigenvalue weighted by molar-refractivity contribution is -0.142. The minimum absolute atomic E-state index is 0.0112. The Balaban J connectivity index is 1.27. The summed E-state index contributed by atoms with van der Waals surface area (Å²) in [4.78, 5) is 153. The summed E-state index contributed by atoms with van der Waals surface area (Å²) in [6.45, 7) is 3.14. The second kappa shape index (κ2) is 35.5. The number of carbonyl (C=O) groups excluding carboxylic acids is 10. The lowest BCUT2D eigenvalue weighted by Gasteiger charge is -2.26. The smallest absolute Gasteiger partial charge is 0.326 e. The van der Waals surface area contributed by atoms with Crippen LogP contribution in [-0.2, 0) is 78.4 Å². The number of aliphatic carboxylic acids is 1. The number of aromatic nitrogens is 1. The Morgan fingerprint density at radius 3 is 1.64 bits per heavy atom. The molecular formula is C62H81N15O14. The molecule has 29 nitrogen and oxygen atoms in total. The number of nitrogens with two attached hydrogens (primary N) is 3. The van der Waals surface area contributed by atoms with Gasteiger partial charge >= 0.3 is 5.97 Å². The van der Waals surface area contributed by atoms with Gasteiger partial charge in [0.1, 0.15) is 54.1 Å². The Morgan fingerprint density at radius 2 is 1.03 bits per heavy atom. The minimum atomic E-state index is -1.86. The average molecular weight is 1260 g/mol. The molecule has 5 rings (SSSR count). The van der Waals surface area contributed by atoms with Gasteiger partial charge in [-0.3, -0.25) is 53.4 Å². The van der Waals surface area contributed by atoms with Crippen molar-refractivity contribution in [3.8, 4) is 5.75 Å². The number of H-pyrrole nitrogens is 1. The number of hydrogen-bond acceptors (Lipinski definition) is 15. The maximum absolute atomic E-state index is 14.3. The van der Waals surface area contributed by atoms with Crippen molar-refractivity contribution < 1.29 is 68.1 Å². The number of phenols is 1. The van der Waals surface area contributed by atoms with E-state index >= 15 is 0 Å². The number of primary amides is 1. The topological polar surface area (TPSA) is 486 Å². The molecule has 0 unspecified atom stereocenters. The van der Waals surface area contributed by atoms with Crippen molar-refractivity contribution in [1.82, 2.24) is 58.2 Å². The molecule has 0 spiro atoms. The highest BCUT2D eigenvalue weighted by atomic mass is 16.4. The van der Waals surface area contributed by atoms with Crippen LogP contribution in [0.4, 0.5) is 0 Å². The molecule has 0 bridgehead atoms. The zero-order valence-electron chi connectivity index (χ0n) is 50.6. The highest BCUT2D eigenvalue weighted by Crippen LogP contribution is 2.20. The van der Waals surface area contributed by atoms with Gasteiger partial charge in [0.15, 0.2) is 5.96 Å². The molecule has 9 atom stereocenters. The van der Waals surface area contributed by atoms with Crippen LogP contribution in [0.2, 0.25) is 0 Å². The number of aromatic hydroxyl groups is 1. The van der Waals surface area contributed by atoms with Crippen LogP contribution >= 0.6 is 0 Å². The minimum Gasteiger partial charge on any atom is -0.508 e. The molecule has 0 saturated carbocycles. The number of aliphatic hydroxyl groups excluding tert-OH is 1. The Hall–Kier alpha value is -10.4. The van der Waals surface area contributed by atoms with E-state index < -0.39 is 139 Å². The Labute approximate surface area is 524 Å². The maximum atomic E-state index is 14.3. The number of carboxylic acids is 1. The molecule has 0 saturated heterocycles. The first-order chi connectivity index (χ1) is 43.3. The van der Waals surface area contributed by atoms with Crippen LogP contribution < -0.4 is 70.4 Å². The van der Waals surface area contributed by atoms with Crippen LogP contribution in [0.25, 0.3) is 10.9 Å². The van der Waals surface area contributed by atoms with Crippen LogP contribution in [0.1, 0.15) is 68.7 Å². The summed E-state index contributed by atoms with van der Waals surface area (Å²) in [7, 11) is 0. The molecule has 1 heterocycles. The van der Waals surface area contributed by atoms with E-state index in [-0.39, 0.29) is 69.1 Å². The largest absolute Gasteiger partial charge is 0.508 e. The van der Waals surface area contributed by atoms with E-state index in [1.807, 2.05) is 0 Å². The third kappa shape index (κ3) is 23.9. The number of rotatable bonds is 36. The van der Waals surface area contributed by atoms with E-state index in [2.05, 4.69) is 58.2 Å². The number of hydrogen-bond donors (Lipinski definition) is 18. The third-order valence-corrected chi connectivity index (χ3v) is 14.3. The van der Waals surface area contributed by atoms with Crippen LogP contribution in [0.3, 0.4) is 0 Å². The van der Waals surface area contributed by atoms with Gasteiger partial charge in [-0.25, -0.2) is 4.79 Å². The highest BCUT2D eigenvalue weighted by Gasteiger charge is 2.35. The number of guanidine groups is 1. The molecule has 4 aromatic carbocycles. The fraction of sp³-hybridized carbons (Fsp3) is 0.387. The molecule has 10 amide bonds. The lowest BCUT2D eigenvalue weighted by Crippen LogP contribution is -2.61. The molecule has 0 aliphatic rings. The zero-order chi connectivity index (χ0) is 66.7. The van der Waals surface area contributed by atoms with Gasteiger partial charge in [-0.05, 0) is 79.0 Å². The van der Waals surface area contributed by atoms with Crippen LogP contribution in [0, 0.1) is 11.3 Å². The molecule has 488 valence electrons. The molecule has 91 heavy (non-hydrogen) atoms. The highest BCUT2D eigenvalue weighted by molar-refractivity contribution is 5.99. The molecule has 5 aromatic rings. The number of para-hydroxylation sites is 1. The van der Waals surface area contributed by atoms with E-state index in [1.54, 1.807) is 117 Å². The van der Waals surface area contributed by atoms with Crippen molar-refractivity contribution >= 4 is 81.9 Å². The van der Waals surface area contributed by atoms with Crippen molar-refractivity contribution in [2.45, 2.75) is 127 Å². The van der Waals surface area contributed by atoms with Gasteiger partial charge in [0.2, 0.25) is 59.1 Å². The summed E-state index contributed by atoms with van der Waals surface area (Å²) in [5.41, 5.74) is 20.1.